The van der Waals surface area contributed by atoms with Crippen molar-refractivity contribution in [2.45, 2.75) is 5.79 Å². The predicted octanol–water partition coefficient (Wildman–Crippen LogP) is 2.90. The molecule has 0 fully saturated rings. The third-order valence-electron chi connectivity index (χ3n) is 5.18. The molecule has 0 saturated heterocycles. The molecule has 0 aliphatic heterocycles. The fraction of sp³-hybridized carbons (Fsp3) is 0.519. The quantitative estimate of drug-likeness (QED) is 0.122. The third-order valence-corrected chi connectivity index (χ3v) is 5.18. The van der Waals surface area contributed by atoms with E-state index in [0.29, 0.717) is 5.56 Å². The van der Waals surface area contributed by atoms with Gasteiger partial charge in [0.2, 0.25) is 11.5 Å². The molecule has 1 aromatic carbocycles. The standard InChI is InChI=1S/C27H38O13/c1-29-14-35-23-21(12-13-22(28)20-10-8-7-9-11-20)24(36-15-30-2)26(38-17-32-4)27(39-18-33-5,40-19-34-6)25(23)37-16-31-3/h7-13,21H,14-19H2,1-6H3/b13-12+. The van der Waals surface area contributed by atoms with E-state index in [1.165, 1.54) is 48.7 Å². The lowest BCUT2D eigenvalue weighted by atomic mass is 9.90. The van der Waals surface area contributed by atoms with Crippen molar-refractivity contribution in [1.29, 1.82) is 0 Å². The van der Waals surface area contributed by atoms with Gasteiger partial charge in [-0.1, -0.05) is 36.4 Å². The molecule has 0 bridgehead atoms. The van der Waals surface area contributed by atoms with Crippen LogP contribution in [0, 0.1) is 5.92 Å². The molecule has 0 heterocycles. The summed E-state index contributed by atoms with van der Waals surface area (Å²) in [5.74, 6) is -3.00. The van der Waals surface area contributed by atoms with Crippen LogP contribution in [-0.2, 0) is 56.8 Å². The van der Waals surface area contributed by atoms with Gasteiger partial charge in [-0.15, -0.1) is 0 Å². The van der Waals surface area contributed by atoms with Gasteiger partial charge in [0.25, 0.3) is 5.79 Å². The summed E-state index contributed by atoms with van der Waals surface area (Å²) >= 11 is 0. The zero-order valence-electron chi connectivity index (χ0n) is 23.7. The van der Waals surface area contributed by atoms with Crippen LogP contribution in [0.2, 0.25) is 0 Å². The first kappa shape index (κ1) is 33.2. The first-order chi connectivity index (χ1) is 19.5. The number of hydrogen-bond donors (Lipinski definition) is 0. The van der Waals surface area contributed by atoms with Gasteiger partial charge in [-0.2, -0.15) is 0 Å². The zero-order chi connectivity index (χ0) is 29.2. The van der Waals surface area contributed by atoms with Crippen LogP contribution in [0.25, 0.3) is 0 Å². The summed E-state index contributed by atoms with van der Waals surface area (Å²) in [7, 11) is 8.63. The fourth-order valence-corrected chi connectivity index (χ4v) is 3.60. The molecule has 1 aliphatic rings. The number of rotatable bonds is 21. The van der Waals surface area contributed by atoms with Crippen LogP contribution < -0.4 is 0 Å². The van der Waals surface area contributed by atoms with E-state index in [1.54, 1.807) is 30.3 Å². The van der Waals surface area contributed by atoms with Crippen LogP contribution in [0.1, 0.15) is 10.4 Å². The normalized spacial score (nSPS) is 15.6. The van der Waals surface area contributed by atoms with Gasteiger partial charge in [-0.25, -0.2) is 0 Å². The lowest BCUT2D eigenvalue weighted by molar-refractivity contribution is -0.295. The van der Waals surface area contributed by atoms with Crippen LogP contribution in [0.3, 0.4) is 0 Å². The van der Waals surface area contributed by atoms with E-state index in [2.05, 4.69) is 0 Å². The van der Waals surface area contributed by atoms with E-state index in [9.17, 15) is 4.79 Å². The minimum absolute atomic E-state index is 0.0295. The average Bonchev–Trinajstić information content (AvgIpc) is 2.98. The maximum atomic E-state index is 13.0. The summed E-state index contributed by atoms with van der Waals surface area (Å²) in [4.78, 5) is 13.0. The van der Waals surface area contributed by atoms with Gasteiger partial charge < -0.3 is 56.8 Å². The van der Waals surface area contributed by atoms with Gasteiger partial charge in [0, 0.05) is 48.2 Å². The van der Waals surface area contributed by atoms with E-state index in [4.69, 9.17) is 56.8 Å². The molecule has 0 aromatic heterocycles. The van der Waals surface area contributed by atoms with Crippen molar-refractivity contribution >= 4 is 5.78 Å². The third kappa shape index (κ3) is 8.74. The number of carbonyl (C=O) groups is 1. The Hall–Kier alpha value is -3.01. The highest BCUT2D eigenvalue weighted by atomic mass is 16.8. The molecule has 1 aliphatic carbocycles. The van der Waals surface area contributed by atoms with Crippen molar-refractivity contribution in [3.8, 4) is 0 Å². The molecular formula is C27H38O13. The highest BCUT2D eigenvalue weighted by Crippen LogP contribution is 2.47. The first-order valence-corrected chi connectivity index (χ1v) is 12.0. The second-order valence-electron chi connectivity index (χ2n) is 7.88. The topological polar surface area (TPSA) is 128 Å². The summed E-state index contributed by atoms with van der Waals surface area (Å²) in [6.07, 6.45) is 2.95. The van der Waals surface area contributed by atoms with E-state index in [-0.39, 0.29) is 69.6 Å². The Kier molecular flexibility index (Phi) is 15.2. The van der Waals surface area contributed by atoms with Gasteiger partial charge in [0.1, 0.15) is 5.92 Å². The Morgan fingerprint density at radius 1 is 0.650 bits per heavy atom. The Labute approximate surface area is 234 Å². The van der Waals surface area contributed by atoms with E-state index < -0.39 is 11.7 Å². The Balaban J connectivity index is 2.86. The molecule has 0 amide bonds. The average molecular weight is 571 g/mol. The van der Waals surface area contributed by atoms with Crippen molar-refractivity contribution in [2.24, 2.45) is 5.92 Å². The zero-order valence-corrected chi connectivity index (χ0v) is 23.7. The van der Waals surface area contributed by atoms with Gasteiger partial charge in [-0.05, 0) is 6.08 Å². The maximum Gasteiger partial charge on any atom is 0.299 e. The Morgan fingerprint density at radius 2 is 1.07 bits per heavy atom. The van der Waals surface area contributed by atoms with Crippen LogP contribution in [0.5, 0.6) is 0 Å². The monoisotopic (exact) mass is 570 g/mol. The number of methoxy groups -OCH3 is 6. The lowest BCUT2D eigenvalue weighted by Crippen LogP contribution is -2.48. The number of benzene rings is 1. The molecule has 0 atom stereocenters. The number of hydrogen-bond acceptors (Lipinski definition) is 13. The molecule has 2 rings (SSSR count). The molecule has 0 spiro atoms. The van der Waals surface area contributed by atoms with Crippen LogP contribution >= 0.6 is 0 Å². The molecule has 13 heteroatoms. The van der Waals surface area contributed by atoms with Gasteiger partial charge in [0.05, 0.1) is 0 Å². The highest BCUT2D eigenvalue weighted by molar-refractivity contribution is 6.04. The van der Waals surface area contributed by atoms with E-state index in [0.717, 1.165) is 0 Å². The maximum absolute atomic E-state index is 13.0. The van der Waals surface area contributed by atoms with Crippen molar-refractivity contribution in [1.82, 2.24) is 0 Å². The molecule has 13 nitrogen and oxygen atoms in total. The minimum Gasteiger partial charge on any atom is -0.467 e. The summed E-state index contributed by atoms with van der Waals surface area (Å²) in [5.41, 5.74) is 0.481. The first-order valence-electron chi connectivity index (χ1n) is 12.0. The molecule has 0 unspecified atom stereocenters. The lowest BCUT2D eigenvalue weighted by Gasteiger charge is -2.41. The van der Waals surface area contributed by atoms with Crippen molar-refractivity contribution < 1.29 is 61.6 Å². The van der Waals surface area contributed by atoms with E-state index >= 15 is 0 Å². The van der Waals surface area contributed by atoms with Gasteiger partial charge in [-0.3, -0.25) is 4.79 Å². The van der Waals surface area contributed by atoms with Crippen LogP contribution in [-0.4, -0.2) is 95.0 Å². The predicted molar refractivity (Wildman–Crippen MR) is 138 cm³/mol. The van der Waals surface area contributed by atoms with Gasteiger partial charge in [0.15, 0.2) is 58.1 Å². The molecule has 40 heavy (non-hydrogen) atoms. The number of allylic oxidation sites excluding steroid dienone is 1. The molecule has 0 saturated carbocycles. The Bertz CT molecular complexity index is 926. The smallest absolute Gasteiger partial charge is 0.299 e. The summed E-state index contributed by atoms with van der Waals surface area (Å²) in [6, 6.07) is 8.76. The Morgan fingerprint density at radius 3 is 1.50 bits per heavy atom. The number of ketones is 1. The molecule has 0 radical (unpaired) electrons. The molecule has 1 aromatic rings. The second-order valence-corrected chi connectivity index (χ2v) is 7.88. The minimum atomic E-state index is -1.98. The molecule has 0 N–H and O–H groups in total. The summed E-state index contributed by atoms with van der Waals surface area (Å²) < 4.78 is 67.2. The largest absolute Gasteiger partial charge is 0.467 e. The fourth-order valence-electron chi connectivity index (χ4n) is 3.60. The van der Waals surface area contributed by atoms with E-state index in [1.807, 2.05) is 6.07 Å². The number of carbonyl (C=O) groups excluding carboxylic acids is 1. The highest BCUT2D eigenvalue weighted by Gasteiger charge is 2.56. The second kappa shape index (κ2) is 18.4. The van der Waals surface area contributed by atoms with Crippen LogP contribution in [0.15, 0.2) is 65.5 Å². The SMILES string of the molecule is COCOC1=C(OCOC)C(OCOC)(OCOC)C(OCOC)=C(OCOC)C1/C=C/C(=O)c1ccccc1. The van der Waals surface area contributed by atoms with Crippen LogP contribution in [0.4, 0.5) is 0 Å². The molecular weight excluding hydrogens is 532 g/mol. The van der Waals surface area contributed by atoms with Crippen molar-refractivity contribution in [2.75, 3.05) is 83.4 Å². The van der Waals surface area contributed by atoms with Crippen molar-refractivity contribution in [3.63, 3.8) is 0 Å². The van der Waals surface area contributed by atoms with Crippen molar-refractivity contribution in [3.05, 3.63) is 71.1 Å². The number of ether oxygens (including phenoxy) is 12. The molecule has 224 valence electrons. The van der Waals surface area contributed by atoms with Gasteiger partial charge >= 0.3 is 0 Å². The summed E-state index contributed by atoms with van der Waals surface area (Å²) in [5, 5.41) is 0. The summed E-state index contributed by atoms with van der Waals surface area (Å²) in [6.45, 7) is -1.47.